The lowest BCUT2D eigenvalue weighted by Crippen LogP contribution is -2.33. The molecule has 2 nitrogen and oxygen atoms in total. The highest BCUT2D eigenvalue weighted by atomic mass is 15.2. The summed E-state index contributed by atoms with van der Waals surface area (Å²) in [7, 11) is 0. The van der Waals surface area contributed by atoms with Crippen LogP contribution in [0.2, 0.25) is 0 Å². The van der Waals surface area contributed by atoms with E-state index in [0.29, 0.717) is 6.04 Å². The summed E-state index contributed by atoms with van der Waals surface area (Å²) in [6, 6.07) is 4.97. The number of nitrogens with two attached hydrogens (primary N) is 1. The molecule has 112 valence electrons. The molecular weight excluding hydrogens is 244 g/mol. The predicted molar refractivity (Wildman–Crippen MR) is 87.0 cm³/mol. The summed E-state index contributed by atoms with van der Waals surface area (Å²) in [6.45, 7) is 14.4. The van der Waals surface area contributed by atoms with Crippen LogP contribution in [0.3, 0.4) is 0 Å². The van der Waals surface area contributed by atoms with Gasteiger partial charge in [-0.2, -0.15) is 0 Å². The van der Waals surface area contributed by atoms with Gasteiger partial charge in [-0.05, 0) is 62.3 Å². The van der Waals surface area contributed by atoms with Crippen LogP contribution in [0.1, 0.15) is 48.6 Å². The molecule has 1 aliphatic heterocycles. The Hall–Kier alpha value is -0.860. The fourth-order valence-electron chi connectivity index (χ4n) is 3.81. The lowest BCUT2D eigenvalue weighted by atomic mass is 9.92. The van der Waals surface area contributed by atoms with Gasteiger partial charge in [0.05, 0.1) is 0 Å². The van der Waals surface area contributed by atoms with Gasteiger partial charge in [-0.1, -0.05) is 31.5 Å². The number of benzene rings is 1. The molecule has 0 radical (unpaired) electrons. The molecule has 1 heterocycles. The zero-order valence-electron chi connectivity index (χ0n) is 13.7. The molecule has 0 aliphatic carbocycles. The number of aryl methyl sites for hydroxylation is 3. The van der Waals surface area contributed by atoms with Crippen LogP contribution < -0.4 is 5.73 Å². The summed E-state index contributed by atoms with van der Waals surface area (Å²) in [6.07, 6.45) is 1.32. The Balaban J connectivity index is 2.26. The summed E-state index contributed by atoms with van der Waals surface area (Å²) in [4.78, 5) is 2.61. The number of hydrogen-bond acceptors (Lipinski definition) is 2. The van der Waals surface area contributed by atoms with E-state index in [0.717, 1.165) is 18.4 Å². The summed E-state index contributed by atoms with van der Waals surface area (Å²) >= 11 is 0. The molecule has 1 aromatic carbocycles. The van der Waals surface area contributed by atoms with Crippen molar-refractivity contribution in [1.82, 2.24) is 4.90 Å². The second kappa shape index (κ2) is 6.28. The van der Waals surface area contributed by atoms with Gasteiger partial charge in [-0.15, -0.1) is 0 Å². The maximum absolute atomic E-state index is 6.14. The molecule has 0 saturated carbocycles. The van der Waals surface area contributed by atoms with E-state index in [4.69, 9.17) is 5.73 Å². The summed E-state index contributed by atoms with van der Waals surface area (Å²) in [5.41, 5.74) is 11.7. The van der Waals surface area contributed by atoms with E-state index in [1.807, 2.05) is 0 Å². The van der Waals surface area contributed by atoms with Gasteiger partial charge in [0, 0.05) is 19.1 Å². The average Bonchev–Trinajstić information content (AvgIpc) is 2.82. The quantitative estimate of drug-likeness (QED) is 0.909. The lowest BCUT2D eigenvalue weighted by Gasteiger charge is -2.30. The Labute approximate surface area is 124 Å². The Bertz CT molecular complexity index is 441. The van der Waals surface area contributed by atoms with Crippen molar-refractivity contribution in [3.63, 3.8) is 0 Å². The van der Waals surface area contributed by atoms with E-state index in [1.165, 1.54) is 41.8 Å². The zero-order valence-corrected chi connectivity index (χ0v) is 13.7. The SMILES string of the molecule is Cc1cc(C)c(C(CN)N2CCC(C(C)C)C2)c(C)c1. The number of hydrogen-bond donors (Lipinski definition) is 1. The first kappa shape index (κ1) is 15.5. The van der Waals surface area contributed by atoms with E-state index >= 15 is 0 Å². The maximum Gasteiger partial charge on any atom is 0.0475 e. The number of rotatable bonds is 4. The summed E-state index contributed by atoms with van der Waals surface area (Å²) in [5.74, 6) is 1.61. The molecule has 1 fully saturated rings. The van der Waals surface area contributed by atoms with Crippen molar-refractivity contribution in [2.75, 3.05) is 19.6 Å². The van der Waals surface area contributed by atoms with Crippen LogP contribution in [0.15, 0.2) is 12.1 Å². The van der Waals surface area contributed by atoms with Crippen LogP contribution in [-0.4, -0.2) is 24.5 Å². The molecular formula is C18H30N2. The van der Waals surface area contributed by atoms with Crippen molar-refractivity contribution in [1.29, 1.82) is 0 Å². The van der Waals surface area contributed by atoms with Gasteiger partial charge in [-0.25, -0.2) is 0 Å². The third-order valence-corrected chi connectivity index (χ3v) is 4.93. The van der Waals surface area contributed by atoms with Gasteiger partial charge >= 0.3 is 0 Å². The molecule has 0 bridgehead atoms. The maximum atomic E-state index is 6.14. The van der Waals surface area contributed by atoms with Gasteiger partial charge in [-0.3, -0.25) is 4.90 Å². The zero-order chi connectivity index (χ0) is 14.9. The fourth-order valence-corrected chi connectivity index (χ4v) is 3.81. The van der Waals surface area contributed by atoms with Crippen LogP contribution in [0.4, 0.5) is 0 Å². The number of likely N-dealkylation sites (tertiary alicyclic amines) is 1. The Kier molecular flexibility index (Phi) is 4.87. The molecule has 0 spiro atoms. The Morgan fingerprint density at radius 1 is 1.20 bits per heavy atom. The average molecular weight is 274 g/mol. The smallest absolute Gasteiger partial charge is 0.0475 e. The molecule has 1 aromatic rings. The Morgan fingerprint density at radius 2 is 1.80 bits per heavy atom. The molecule has 1 aliphatic rings. The fraction of sp³-hybridized carbons (Fsp3) is 0.667. The van der Waals surface area contributed by atoms with Gasteiger partial charge in [0.25, 0.3) is 0 Å². The van der Waals surface area contributed by atoms with Crippen molar-refractivity contribution in [2.45, 2.75) is 47.1 Å². The Morgan fingerprint density at radius 3 is 2.25 bits per heavy atom. The standard InChI is InChI=1S/C18H30N2/c1-12(2)16-6-7-20(11-16)17(10-19)18-14(4)8-13(3)9-15(18)5/h8-9,12,16-17H,6-7,10-11,19H2,1-5H3. The monoisotopic (exact) mass is 274 g/mol. The summed E-state index contributed by atoms with van der Waals surface area (Å²) < 4.78 is 0. The van der Waals surface area contributed by atoms with E-state index in [-0.39, 0.29) is 0 Å². The molecule has 2 heteroatoms. The van der Waals surface area contributed by atoms with Gasteiger partial charge in [0.2, 0.25) is 0 Å². The topological polar surface area (TPSA) is 29.3 Å². The third kappa shape index (κ3) is 3.07. The van der Waals surface area contributed by atoms with Crippen molar-refractivity contribution in [2.24, 2.45) is 17.6 Å². The van der Waals surface area contributed by atoms with Gasteiger partial charge < -0.3 is 5.73 Å². The highest BCUT2D eigenvalue weighted by Crippen LogP contribution is 2.33. The van der Waals surface area contributed by atoms with E-state index < -0.39 is 0 Å². The van der Waals surface area contributed by atoms with Crippen molar-refractivity contribution in [3.8, 4) is 0 Å². The second-order valence-corrected chi connectivity index (χ2v) is 6.85. The van der Waals surface area contributed by atoms with E-state index in [2.05, 4.69) is 51.7 Å². The molecule has 0 amide bonds. The van der Waals surface area contributed by atoms with Gasteiger partial charge in [0.15, 0.2) is 0 Å². The first-order valence-corrected chi connectivity index (χ1v) is 7.96. The molecule has 2 atom stereocenters. The van der Waals surface area contributed by atoms with Crippen molar-refractivity contribution >= 4 is 0 Å². The highest BCUT2D eigenvalue weighted by molar-refractivity contribution is 5.40. The molecule has 0 aromatic heterocycles. The highest BCUT2D eigenvalue weighted by Gasteiger charge is 2.31. The minimum Gasteiger partial charge on any atom is -0.329 e. The first-order chi connectivity index (χ1) is 9.43. The lowest BCUT2D eigenvalue weighted by molar-refractivity contribution is 0.231. The van der Waals surface area contributed by atoms with Crippen molar-refractivity contribution < 1.29 is 0 Å². The van der Waals surface area contributed by atoms with Crippen LogP contribution in [0.25, 0.3) is 0 Å². The second-order valence-electron chi connectivity index (χ2n) is 6.85. The minimum atomic E-state index is 0.388. The molecule has 20 heavy (non-hydrogen) atoms. The molecule has 1 saturated heterocycles. The van der Waals surface area contributed by atoms with Crippen molar-refractivity contribution in [3.05, 3.63) is 34.4 Å². The predicted octanol–water partition coefficient (Wildman–Crippen LogP) is 3.59. The van der Waals surface area contributed by atoms with E-state index in [9.17, 15) is 0 Å². The third-order valence-electron chi connectivity index (χ3n) is 4.93. The summed E-state index contributed by atoms with van der Waals surface area (Å²) in [5, 5.41) is 0. The molecule has 2 N–H and O–H groups in total. The van der Waals surface area contributed by atoms with Gasteiger partial charge in [0.1, 0.15) is 0 Å². The van der Waals surface area contributed by atoms with E-state index in [1.54, 1.807) is 0 Å². The normalized spacial score (nSPS) is 21.6. The largest absolute Gasteiger partial charge is 0.329 e. The molecule has 2 unspecified atom stereocenters. The first-order valence-electron chi connectivity index (χ1n) is 7.96. The van der Waals surface area contributed by atoms with Crippen LogP contribution in [0, 0.1) is 32.6 Å². The van der Waals surface area contributed by atoms with Crippen LogP contribution >= 0.6 is 0 Å². The molecule has 2 rings (SSSR count). The number of nitrogens with zero attached hydrogens (tertiary/aromatic N) is 1. The van der Waals surface area contributed by atoms with Crippen LogP contribution in [0.5, 0.6) is 0 Å². The minimum absolute atomic E-state index is 0.388. The van der Waals surface area contributed by atoms with Crippen LogP contribution in [-0.2, 0) is 0 Å².